The fourth-order valence-electron chi connectivity index (χ4n) is 2.16. The Balaban J connectivity index is 2.32. The van der Waals surface area contributed by atoms with Gasteiger partial charge in [-0.2, -0.15) is 0 Å². The van der Waals surface area contributed by atoms with Crippen molar-refractivity contribution in [2.75, 3.05) is 11.6 Å². The van der Waals surface area contributed by atoms with Gasteiger partial charge in [-0.3, -0.25) is 4.79 Å². The summed E-state index contributed by atoms with van der Waals surface area (Å²) in [4.78, 5) is 12.5. The molecule has 116 valence electrons. The first-order valence-electron chi connectivity index (χ1n) is 6.88. The molecule has 0 saturated heterocycles. The lowest BCUT2D eigenvalue weighted by Gasteiger charge is -2.10. The Hall–Kier alpha value is -2.14. The Morgan fingerprint density at radius 3 is 2.14 bits per heavy atom. The molecule has 0 saturated carbocycles. The Morgan fingerprint density at radius 2 is 1.55 bits per heavy atom. The summed E-state index contributed by atoms with van der Waals surface area (Å²) >= 11 is 0. The average Bonchev–Trinajstić information content (AvgIpc) is 2.42. The van der Waals surface area contributed by atoms with Gasteiger partial charge in [-0.25, -0.2) is 8.42 Å². The lowest BCUT2D eigenvalue weighted by molar-refractivity contribution is 0.102. The van der Waals surface area contributed by atoms with Gasteiger partial charge in [-0.05, 0) is 61.7 Å². The number of benzene rings is 2. The van der Waals surface area contributed by atoms with Crippen LogP contribution in [-0.4, -0.2) is 20.6 Å². The summed E-state index contributed by atoms with van der Waals surface area (Å²) in [6, 6.07) is 10.3. The highest BCUT2D eigenvalue weighted by Gasteiger charge is 2.15. The van der Waals surface area contributed by atoms with Crippen molar-refractivity contribution in [1.82, 2.24) is 0 Å². The molecule has 0 radical (unpaired) electrons. The molecule has 2 rings (SSSR count). The minimum Gasteiger partial charge on any atom is -0.322 e. The molecule has 0 bridgehead atoms. The fourth-order valence-corrected chi connectivity index (χ4v) is 3.16. The Morgan fingerprint density at radius 1 is 0.909 bits per heavy atom. The van der Waals surface area contributed by atoms with E-state index in [1.54, 1.807) is 19.1 Å². The van der Waals surface area contributed by atoms with Crippen LogP contribution in [0.2, 0.25) is 0 Å². The number of rotatable bonds is 3. The second-order valence-electron chi connectivity index (χ2n) is 5.51. The number of sulfone groups is 1. The molecule has 0 fully saturated rings. The van der Waals surface area contributed by atoms with Gasteiger partial charge in [0, 0.05) is 17.5 Å². The normalized spacial score (nSPS) is 11.3. The highest BCUT2D eigenvalue weighted by atomic mass is 32.2. The molecule has 0 atom stereocenters. The number of hydrogen-bond acceptors (Lipinski definition) is 3. The number of nitrogens with one attached hydrogen (secondary N) is 1. The molecule has 0 spiro atoms. The number of aryl methyl sites for hydroxylation is 3. The Labute approximate surface area is 131 Å². The molecular weight excluding hydrogens is 298 g/mol. The molecule has 0 aliphatic rings. The monoisotopic (exact) mass is 317 g/mol. The average molecular weight is 317 g/mol. The van der Waals surface area contributed by atoms with Crippen molar-refractivity contribution in [3.05, 3.63) is 58.7 Å². The number of anilines is 1. The Kier molecular flexibility index (Phi) is 4.37. The van der Waals surface area contributed by atoms with E-state index in [4.69, 9.17) is 0 Å². The van der Waals surface area contributed by atoms with E-state index >= 15 is 0 Å². The second-order valence-corrected chi connectivity index (χ2v) is 7.49. The van der Waals surface area contributed by atoms with E-state index in [-0.39, 0.29) is 10.8 Å². The first kappa shape index (κ1) is 16.2. The molecule has 22 heavy (non-hydrogen) atoms. The van der Waals surface area contributed by atoms with E-state index in [2.05, 4.69) is 5.32 Å². The highest BCUT2D eigenvalue weighted by Crippen LogP contribution is 2.19. The molecule has 0 aliphatic heterocycles. The van der Waals surface area contributed by atoms with Gasteiger partial charge in [0.15, 0.2) is 9.84 Å². The van der Waals surface area contributed by atoms with E-state index < -0.39 is 9.84 Å². The van der Waals surface area contributed by atoms with Crippen LogP contribution in [0.1, 0.15) is 27.0 Å². The maximum Gasteiger partial charge on any atom is 0.255 e. The minimum absolute atomic E-state index is 0.181. The van der Waals surface area contributed by atoms with Crippen LogP contribution >= 0.6 is 0 Å². The predicted octanol–water partition coefficient (Wildman–Crippen LogP) is 3.27. The zero-order chi connectivity index (χ0) is 16.5. The summed E-state index contributed by atoms with van der Waals surface area (Å²) in [6.45, 7) is 5.68. The van der Waals surface area contributed by atoms with E-state index in [1.807, 2.05) is 32.0 Å². The lowest BCUT2D eigenvalue weighted by Crippen LogP contribution is -2.13. The van der Waals surface area contributed by atoms with Gasteiger partial charge in [0.05, 0.1) is 4.90 Å². The van der Waals surface area contributed by atoms with Crippen molar-refractivity contribution in [1.29, 1.82) is 0 Å². The highest BCUT2D eigenvalue weighted by molar-refractivity contribution is 7.90. The minimum atomic E-state index is -3.35. The molecule has 0 aliphatic carbocycles. The first-order chi connectivity index (χ1) is 10.2. The van der Waals surface area contributed by atoms with Crippen molar-refractivity contribution in [3.8, 4) is 0 Å². The number of carbonyl (C=O) groups excluding carboxylic acids is 1. The van der Waals surface area contributed by atoms with Crippen LogP contribution in [0, 0.1) is 20.8 Å². The van der Waals surface area contributed by atoms with E-state index in [0.29, 0.717) is 16.8 Å². The summed E-state index contributed by atoms with van der Waals surface area (Å²) < 4.78 is 23.5. The Bertz CT molecular complexity index is 839. The number of amides is 1. The van der Waals surface area contributed by atoms with Crippen molar-refractivity contribution in [2.24, 2.45) is 0 Å². The quantitative estimate of drug-likeness (QED) is 0.945. The third-order valence-corrected chi connectivity index (χ3v) is 4.85. The van der Waals surface area contributed by atoms with Crippen molar-refractivity contribution < 1.29 is 13.2 Å². The van der Waals surface area contributed by atoms with Gasteiger partial charge in [0.2, 0.25) is 0 Å². The van der Waals surface area contributed by atoms with E-state index in [9.17, 15) is 13.2 Å². The number of hydrogen-bond donors (Lipinski definition) is 1. The van der Waals surface area contributed by atoms with Crippen LogP contribution in [0.3, 0.4) is 0 Å². The van der Waals surface area contributed by atoms with Crippen molar-refractivity contribution >= 4 is 21.4 Å². The van der Waals surface area contributed by atoms with Crippen LogP contribution in [0.25, 0.3) is 0 Å². The summed E-state index contributed by atoms with van der Waals surface area (Å²) in [5.41, 5.74) is 3.87. The topological polar surface area (TPSA) is 63.2 Å². The molecular formula is C17H19NO3S. The van der Waals surface area contributed by atoms with Crippen molar-refractivity contribution in [2.45, 2.75) is 25.7 Å². The molecule has 2 aromatic rings. The van der Waals surface area contributed by atoms with Crippen molar-refractivity contribution in [3.63, 3.8) is 0 Å². The molecule has 5 heteroatoms. The summed E-state index contributed by atoms with van der Waals surface area (Å²) in [6.07, 6.45) is 1.14. The van der Waals surface area contributed by atoms with Crippen LogP contribution in [0.4, 0.5) is 5.69 Å². The van der Waals surface area contributed by atoms with Gasteiger partial charge >= 0.3 is 0 Å². The van der Waals surface area contributed by atoms with Crippen LogP contribution in [0.15, 0.2) is 41.3 Å². The summed E-state index contributed by atoms with van der Waals surface area (Å²) in [7, 11) is -3.35. The molecule has 0 unspecified atom stereocenters. The zero-order valence-corrected chi connectivity index (χ0v) is 13.9. The molecule has 0 heterocycles. The van der Waals surface area contributed by atoms with Gasteiger partial charge in [-0.1, -0.05) is 12.1 Å². The van der Waals surface area contributed by atoms with Gasteiger partial charge in [0.1, 0.15) is 0 Å². The summed E-state index contributed by atoms with van der Waals surface area (Å²) in [5.74, 6) is -0.326. The first-order valence-corrected chi connectivity index (χ1v) is 8.77. The fraction of sp³-hybridized carbons (Fsp3) is 0.235. The molecule has 0 aromatic heterocycles. The predicted molar refractivity (Wildman–Crippen MR) is 88.2 cm³/mol. The van der Waals surface area contributed by atoms with E-state index in [0.717, 1.165) is 17.4 Å². The van der Waals surface area contributed by atoms with E-state index in [1.165, 1.54) is 6.07 Å². The van der Waals surface area contributed by atoms with Crippen LogP contribution < -0.4 is 5.32 Å². The van der Waals surface area contributed by atoms with Gasteiger partial charge in [-0.15, -0.1) is 0 Å². The molecule has 1 N–H and O–H groups in total. The smallest absolute Gasteiger partial charge is 0.255 e. The largest absolute Gasteiger partial charge is 0.322 e. The maximum atomic E-state index is 12.3. The van der Waals surface area contributed by atoms with Gasteiger partial charge < -0.3 is 5.32 Å². The third-order valence-electron chi connectivity index (χ3n) is 3.61. The zero-order valence-electron chi connectivity index (χ0n) is 13.1. The SMILES string of the molecule is Cc1ccc(NC(=O)c2ccc(C)c(S(C)(=O)=O)c2)cc1C. The molecule has 2 aromatic carbocycles. The van der Waals surface area contributed by atoms with Crippen LogP contribution in [-0.2, 0) is 9.84 Å². The molecule has 1 amide bonds. The number of carbonyl (C=O) groups is 1. The standard InChI is InChI=1S/C17H19NO3S/c1-11-6-8-15(9-13(11)3)18-17(19)14-7-5-12(2)16(10-14)22(4,20)21/h5-10H,1-4H3,(H,18,19). The third kappa shape index (κ3) is 3.54. The maximum absolute atomic E-state index is 12.3. The summed E-state index contributed by atoms with van der Waals surface area (Å²) in [5, 5.41) is 2.79. The van der Waals surface area contributed by atoms with Crippen LogP contribution in [0.5, 0.6) is 0 Å². The second kappa shape index (κ2) is 5.93. The molecule has 4 nitrogen and oxygen atoms in total. The van der Waals surface area contributed by atoms with Gasteiger partial charge in [0.25, 0.3) is 5.91 Å². The lowest BCUT2D eigenvalue weighted by atomic mass is 10.1.